The molecule has 0 spiro atoms. The Bertz CT molecular complexity index is 906. The van der Waals surface area contributed by atoms with Gasteiger partial charge in [0.05, 0.1) is 22.2 Å². The monoisotopic (exact) mass is 400 g/mol. The summed E-state index contributed by atoms with van der Waals surface area (Å²) < 4.78 is 1.84. The smallest absolute Gasteiger partial charge is 0.238 e. The maximum atomic E-state index is 12.7. The van der Waals surface area contributed by atoms with E-state index in [4.69, 9.17) is 5.10 Å². The second kappa shape index (κ2) is 7.28. The van der Waals surface area contributed by atoms with E-state index in [2.05, 4.69) is 31.4 Å². The van der Waals surface area contributed by atoms with Crippen molar-refractivity contribution in [3.63, 3.8) is 0 Å². The van der Waals surface area contributed by atoms with Gasteiger partial charge >= 0.3 is 0 Å². The van der Waals surface area contributed by atoms with Crippen molar-refractivity contribution in [2.75, 3.05) is 10.6 Å². The lowest BCUT2D eigenvalue weighted by atomic mass is 9.92. The summed E-state index contributed by atoms with van der Waals surface area (Å²) in [7, 11) is 0. The number of aromatic nitrogens is 2. The van der Waals surface area contributed by atoms with Crippen LogP contribution in [0.2, 0.25) is 0 Å². The van der Waals surface area contributed by atoms with Crippen molar-refractivity contribution in [3.05, 3.63) is 36.0 Å². The van der Waals surface area contributed by atoms with E-state index in [0.717, 1.165) is 16.3 Å². The summed E-state index contributed by atoms with van der Waals surface area (Å²) in [6, 6.07) is 9.55. The molecule has 3 rings (SSSR count). The van der Waals surface area contributed by atoms with Gasteiger partial charge in [0.15, 0.2) is 0 Å². The summed E-state index contributed by atoms with van der Waals surface area (Å²) in [5, 5.41) is 10.1. The number of benzene rings is 1. The Morgan fingerprint density at radius 1 is 1.21 bits per heavy atom. The molecule has 1 aliphatic rings. The first kappa shape index (κ1) is 20.5. The normalized spacial score (nSPS) is 17.1. The van der Waals surface area contributed by atoms with Crippen LogP contribution in [0.1, 0.15) is 53.7 Å². The van der Waals surface area contributed by atoms with E-state index in [-0.39, 0.29) is 29.2 Å². The molecule has 0 fully saturated rings. The first-order valence-electron chi connectivity index (χ1n) is 9.42. The van der Waals surface area contributed by atoms with Gasteiger partial charge in [-0.25, -0.2) is 4.68 Å². The average molecular weight is 401 g/mol. The third-order valence-electron chi connectivity index (χ3n) is 4.46. The molecule has 0 bridgehead atoms. The van der Waals surface area contributed by atoms with Crippen molar-refractivity contribution in [2.24, 2.45) is 0 Å². The lowest BCUT2D eigenvalue weighted by Crippen LogP contribution is -2.33. The molecule has 7 heteroatoms. The summed E-state index contributed by atoms with van der Waals surface area (Å²) in [5.41, 5.74) is 1.31. The number of rotatable bonds is 3. The van der Waals surface area contributed by atoms with E-state index in [0.29, 0.717) is 5.82 Å². The van der Waals surface area contributed by atoms with E-state index in [1.807, 2.05) is 55.8 Å². The fourth-order valence-electron chi connectivity index (χ4n) is 2.94. The predicted molar refractivity (Wildman–Crippen MR) is 114 cm³/mol. The molecule has 0 radical (unpaired) electrons. The van der Waals surface area contributed by atoms with E-state index < -0.39 is 5.25 Å². The summed E-state index contributed by atoms with van der Waals surface area (Å²) in [6.45, 7) is 12.4. The Hall–Kier alpha value is -2.28. The molecule has 2 amide bonds. The zero-order valence-electron chi connectivity index (χ0n) is 17.3. The van der Waals surface area contributed by atoms with Gasteiger partial charge < -0.3 is 10.6 Å². The molecular weight excluding hydrogens is 372 g/mol. The van der Waals surface area contributed by atoms with Crippen LogP contribution in [0.5, 0.6) is 0 Å². The molecule has 28 heavy (non-hydrogen) atoms. The van der Waals surface area contributed by atoms with Crippen molar-refractivity contribution in [3.8, 4) is 0 Å². The summed E-state index contributed by atoms with van der Waals surface area (Å²) >= 11 is 1.43. The number of carbonyl (C=O) groups excluding carboxylic acids is 2. The van der Waals surface area contributed by atoms with E-state index >= 15 is 0 Å². The molecule has 1 atom stereocenters. The highest BCUT2D eigenvalue weighted by Gasteiger charge is 2.30. The molecule has 1 aromatic heterocycles. The van der Waals surface area contributed by atoms with Gasteiger partial charge in [-0.3, -0.25) is 9.59 Å². The van der Waals surface area contributed by atoms with Crippen molar-refractivity contribution >= 4 is 35.1 Å². The molecule has 1 unspecified atom stereocenters. The van der Waals surface area contributed by atoms with Crippen LogP contribution in [0.15, 0.2) is 35.2 Å². The topological polar surface area (TPSA) is 76.0 Å². The number of para-hydroxylation sites is 1. The minimum atomic E-state index is -0.456. The third-order valence-corrected chi connectivity index (χ3v) is 5.73. The zero-order valence-corrected chi connectivity index (χ0v) is 18.1. The number of carbonyl (C=O) groups is 2. The van der Waals surface area contributed by atoms with Gasteiger partial charge in [-0.2, -0.15) is 5.10 Å². The predicted octanol–water partition coefficient (Wildman–Crippen LogP) is 4.38. The lowest BCUT2D eigenvalue weighted by molar-refractivity contribution is -0.120. The van der Waals surface area contributed by atoms with Gasteiger partial charge in [-0.05, 0) is 32.9 Å². The molecule has 0 saturated heterocycles. The van der Waals surface area contributed by atoms with Crippen LogP contribution in [-0.4, -0.2) is 26.8 Å². The molecule has 2 heterocycles. The van der Waals surface area contributed by atoms with Gasteiger partial charge in [0.2, 0.25) is 11.8 Å². The van der Waals surface area contributed by atoms with Crippen LogP contribution >= 0.6 is 11.8 Å². The quantitative estimate of drug-likeness (QED) is 0.802. The van der Waals surface area contributed by atoms with Gasteiger partial charge in [-0.15, -0.1) is 11.8 Å². The average Bonchev–Trinajstić information content (AvgIpc) is 3.00. The fourth-order valence-corrected chi connectivity index (χ4v) is 4.05. The first-order chi connectivity index (χ1) is 12.9. The first-order valence-corrected chi connectivity index (χ1v) is 10.3. The van der Waals surface area contributed by atoms with Crippen LogP contribution in [0.4, 0.5) is 11.5 Å². The highest BCUT2D eigenvalue weighted by molar-refractivity contribution is 8.01. The maximum absolute atomic E-state index is 12.7. The molecule has 0 saturated carbocycles. The highest BCUT2D eigenvalue weighted by Crippen LogP contribution is 2.37. The van der Waals surface area contributed by atoms with Crippen molar-refractivity contribution in [1.29, 1.82) is 0 Å². The molecule has 1 aromatic carbocycles. The number of nitrogens with one attached hydrogen (secondary N) is 2. The number of fused-ring (bicyclic) bond motifs is 1. The Labute approximate surface area is 170 Å². The summed E-state index contributed by atoms with van der Waals surface area (Å²) in [5.74, 6) is 0.320. The maximum Gasteiger partial charge on any atom is 0.238 e. The molecule has 6 nitrogen and oxygen atoms in total. The number of amides is 2. The lowest BCUT2D eigenvalue weighted by Gasteiger charge is -2.25. The largest absolute Gasteiger partial charge is 0.324 e. The fraction of sp³-hybridized carbons (Fsp3) is 0.476. The number of nitrogens with zero attached hydrogens (tertiary/aromatic N) is 2. The van der Waals surface area contributed by atoms with Crippen LogP contribution < -0.4 is 10.6 Å². The molecule has 2 N–H and O–H groups in total. The van der Waals surface area contributed by atoms with Gasteiger partial charge in [-0.1, -0.05) is 32.9 Å². The van der Waals surface area contributed by atoms with Crippen molar-refractivity contribution < 1.29 is 9.59 Å². The van der Waals surface area contributed by atoms with Gasteiger partial charge in [0.1, 0.15) is 5.82 Å². The number of hydrogen-bond donors (Lipinski definition) is 2. The van der Waals surface area contributed by atoms with Crippen LogP contribution in [-0.2, 0) is 20.5 Å². The highest BCUT2D eigenvalue weighted by atomic mass is 32.2. The minimum absolute atomic E-state index is 0.102. The Kier molecular flexibility index (Phi) is 5.32. The number of anilines is 2. The zero-order chi connectivity index (χ0) is 20.7. The molecule has 150 valence electrons. The van der Waals surface area contributed by atoms with E-state index in [1.54, 1.807) is 0 Å². The number of hydrogen-bond acceptors (Lipinski definition) is 4. The van der Waals surface area contributed by atoms with Crippen LogP contribution in [0.3, 0.4) is 0 Å². The third kappa shape index (κ3) is 4.41. The summed E-state index contributed by atoms with van der Waals surface area (Å²) in [6.07, 6.45) is 0.102. The second-order valence-electron chi connectivity index (χ2n) is 9.09. The molecular formula is C21H28N4O2S. The van der Waals surface area contributed by atoms with Crippen LogP contribution in [0, 0.1) is 0 Å². The SMILES string of the molecule is CC(C)(C)c1cc(NC(=O)CC2Sc3ccccc3NC2=O)n(C(C)(C)C)n1. The Morgan fingerprint density at radius 3 is 2.54 bits per heavy atom. The van der Waals surface area contributed by atoms with Gasteiger partial charge in [0.25, 0.3) is 0 Å². The molecule has 1 aliphatic heterocycles. The second-order valence-corrected chi connectivity index (χ2v) is 10.3. The van der Waals surface area contributed by atoms with E-state index in [1.165, 1.54) is 11.8 Å². The standard InChI is InChI=1S/C21H28N4O2S/c1-20(2,3)16-12-17(25(24-16)21(4,5)6)23-18(26)11-15-19(27)22-13-9-7-8-10-14(13)28-15/h7-10,12,15H,11H2,1-6H3,(H,22,27)(H,23,26). The van der Waals surface area contributed by atoms with Crippen LogP contribution in [0.25, 0.3) is 0 Å². The number of thioether (sulfide) groups is 1. The summed E-state index contributed by atoms with van der Waals surface area (Å²) in [4.78, 5) is 26.1. The van der Waals surface area contributed by atoms with E-state index in [9.17, 15) is 9.59 Å². The molecule has 0 aliphatic carbocycles. The minimum Gasteiger partial charge on any atom is -0.324 e. The molecule has 2 aromatic rings. The van der Waals surface area contributed by atoms with Crippen molar-refractivity contribution in [2.45, 2.75) is 69.1 Å². The van der Waals surface area contributed by atoms with Gasteiger partial charge in [0, 0.05) is 22.8 Å². The Balaban J connectivity index is 1.77. The Morgan fingerprint density at radius 2 is 1.89 bits per heavy atom. The van der Waals surface area contributed by atoms with Crippen molar-refractivity contribution in [1.82, 2.24) is 9.78 Å².